The van der Waals surface area contributed by atoms with E-state index in [1.807, 2.05) is 22.6 Å². The smallest absolute Gasteiger partial charge is 0.175 e. The molecule has 5 nitrogen and oxygen atoms in total. The lowest BCUT2D eigenvalue weighted by atomic mass is 9.93. The van der Waals surface area contributed by atoms with E-state index in [-0.39, 0.29) is 10.8 Å². The third-order valence-corrected chi connectivity index (χ3v) is 6.60. The summed E-state index contributed by atoms with van der Waals surface area (Å²) in [5.74, 6) is -0.412. The van der Waals surface area contributed by atoms with Crippen LogP contribution in [0.4, 0.5) is 4.39 Å². The van der Waals surface area contributed by atoms with Crippen molar-refractivity contribution in [3.8, 4) is 11.1 Å². The van der Waals surface area contributed by atoms with Crippen LogP contribution >= 0.6 is 0 Å². The van der Waals surface area contributed by atoms with Crippen LogP contribution in [0.3, 0.4) is 0 Å². The second-order valence-corrected chi connectivity index (χ2v) is 9.50. The second-order valence-electron chi connectivity index (χ2n) is 7.48. The Labute approximate surface area is 173 Å². The highest BCUT2D eigenvalue weighted by atomic mass is 32.2. The number of imidazole rings is 1. The first kappa shape index (κ1) is 19.0. The minimum atomic E-state index is -3.31. The van der Waals surface area contributed by atoms with Gasteiger partial charge in [-0.1, -0.05) is 42.5 Å². The summed E-state index contributed by atoms with van der Waals surface area (Å²) in [6.07, 6.45) is 2.89. The first-order valence-corrected chi connectivity index (χ1v) is 11.4. The van der Waals surface area contributed by atoms with E-state index in [4.69, 9.17) is 4.74 Å². The number of pyridine rings is 1. The van der Waals surface area contributed by atoms with Crippen LogP contribution in [-0.2, 0) is 21.2 Å². The number of hydrogen-bond donors (Lipinski definition) is 0. The van der Waals surface area contributed by atoms with Crippen molar-refractivity contribution in [2.24, 2.45) is 0 Å². The molecule has 0 saturated carbocycles. The van der Waals surface area contributed by atoms with Crippen LogP contribution in [0.15, 0.2) is 71.8 Å². The molecule has 2 aromatic heterocycles. The standard InChI is InChI=1S/C23H19FN2O3S/c1-30(27,28)17-9-7-16(8-10-17)18-12-26-22(11-20(18)24)25-21-14-29-13-19(23(21)26)15-5-3-2-4-6-15/h2-12,19H,13-14H2,1H3/t19-/m0/s1. The Bertz CT molecular complexity index is 1350. The SMILES string of the molecule is CS(=O)(=O)c1ccc(-c2cn3c4c(nc3cc2F)COC[C@H]4c2ccccc2)cc1. The van der Waals surface area contributed by atoms with Gasteiger partial charge in [-0.05, 0) is 23.3 Å². The summed E-state index contributed by atoms with van der Waals surface area (Å²) >= 11 is 0. The lowest BCUT2D eigenvalue weighted by molar-refractivity contribution is 0.0955. The Morgan fingerprint density at radius 2 is 1.83 bits per heavy atom. The predicted octanol–water partition coefficient (Wildman–Crippen LogP) is 4.21. The van der Waals surface area contributed by atoms with E-state index in [1.54, 1.807) is 18.3 Å². The molecule has 30 heavy (non-hydrogen) atoms. The van der Waals surface area contributed by atoms with Gasteiger partial charge in [-0.3, -0.25) is 0 Å². The van der Waals surface area contributed by atoms with Gasteiger partial charge in [0.1, 0.15) is 11.5 Å². The number of ether oxygens (including phenoxy) is 1. The number of nitrogens with zero attached hydrogens (tertiary/aromatic N) is 2. The summed E-state index contributed by atoms with van der Waals surface area (Å²) in [6, 6.07) is 17.7. The van der Waals surface area contributed by atoms with Gasteiger partial charge in [-0.2, -0.15) is 0 Å². The lowest BCUT2D eigenvalue weighted by Gasteiger charge is -2.23. The van der Waals surface area contributed by atoms with Crippen LogP contribution in [0.1, 0.15) is 22.9 Å². The number of benzene rings is 2. The monoisotopic (exact) mass is 422 g/mol. The fourth-order valence-corrected chi connectivity index (χ4v) is 4.62. The van der Waals surface area contributed by atoms with Gasteiger partial charge in [0, 0.05) is 24.1 Å². The second kappa shape index (κ2) is 7.04. The van der Waals surface area contributed by atoms with Crippen molar-refractivity contribution in [1.82, 2.24) is 9.38 Å². The Balaban J connectivity index is 1.67. The molecule has 0 amide bonds. The van der Waals surface area contributed by atoms with Crippen molar-refractivity contribution in [3.63, 3.8) is 0 Å². The van der Waals surface area contributed by atoms with E-state index >= 15 is 0 Å². The molecule has 1 aliphatic heterocycles. The topological polar surface area (TPSA) is 60.7 Å². The highest BCUT2D eigenvalue weighted by molar-refractivity contribution is 7.90. The van der Waals surface area contributed by atoms with Crippen molar-refractivity contribution in [3.05, 3.63) is 89.6 Å². The summed E-state index contributed by atoms with van der Waals surface area (Å²) in [7, 11) is -3.31. The van der Waals surface area contributed by atoms with E-state index in [9.17, 15) is 12.8 Å². The number of hydrogen-bond acceptors (Lipinski definition) is 4. The molecule has 0 radical (unpaired) electrons. The summed E-state index contributed by atoms with van der Waals surface area (Å²) in [6.45, 7) is 0.918. The highest BCUT2D eigenvalue weighted by Crippen LogP contribution is 2.34. The molecule has 0 fully saturated rings. The van der Waals surface area contributed by atoms with E-state index in [2.05, 4.69) is 17.1 Å². The van der Waals surface area contributed by atoms with Crippen molar-refractivity contribution < 1.29 is 17.5 Å². The predicted molar refractivity (Wildman–Crippen MR) is 112 cm³/mol. The number of halogens is 1. The third kappa shape index (κ3) is 3.20. The molecule has 1 atom stereocenters. The average molecular weight is 422 g/mol. The van der Waals surface area contributed by atoms with E-state index < -0.39 is 15.7 Å². The Morgan fingerprint density at radius 1 is 1.10 bits per heavy atom. The molecule has 1 aliphatic rings. The fraction of sp³-hybridized carbons (Fsp3) is 0.174. The van der Waals surface area contributed by atoms with Crippen LogP contribution in [0.5, 0.6) is 0 Å². The maximum atomic E-state index is 14.9. The summed E-state index contributed by atoms with van der Waals surface area (Å²) < 4.78 is 46.0. The maximum Gasteiger partial charge on any atom is 0.175 e. The van der Waals surface area contributed by atoms with Gasteiger partial charge in [-0.25, -0.2) is 17.8 Å². The zero-order valence-corrected chi connectivity index (χ0v) is 17.1. The minimum Gasteiger partial charge on any atom is -0.374 e. The fourth-order valence-electron chi connectivity index (χ4n) is 3.99. The van der Waals surface area contributed by atoms with Gasteiger partial charge in [0.2, 0.25) is 0 Å². The number of aromatic nitrogens is 2. The Kier molecular flexibility index (Phi) is 4.45. The summed E-state index contributed by atoms with van der Waals surface area (Å²) in [5, 5.41) is 0. The quantitative estimate of drug-likeness (QED) is 0.496. The van der Waals surface area contributed by atoms with Gasteiger partial charge < -0.3 is 9.14 Å². The molecule has 0 bridgehead atoms. The van der Waals surface area contributed by atoms with Crippen molar-refractivity contribution in [2.45, 2.75) is 17.4 Å². The summed E-state index contributed by atoms with van der Waals surface area (Å²) in [4.78, 5) is 4.79. The minimum absolute atomic E-state index is 0.00382. The first-order chi connectivity index (χ1) is 14.4. The molecule has 4 aromatic rings. The van der Waals surface area contributed by atoms with E-state index in [0.29, 0.717) is 30.0 Å². The lowest BCUT2D eigenvalue weighted by Crippen LogP contribution is -2.19. The first-order valence-electron chi connectivity index (χ1n) is 9.55. The Morgan fingerprint density at radius 3 is 2.53 bits per heavy atom. The average Bonchev–Trinajstić information content (AvgIpc) is 3.10. The molecular weight excluding hydrogens is 403 g/mol. The maximum absolute atomic E-state index is 14.9. The zero-order valence-electron chi connectivity index (χ0n) is 16.2. The largest absolute Gasteiger partial charge is 0.374 e. The van der Waals surface area contributed by atoms with Gasteiger partial charge in [0.05, 0.1) is 35.4 Å². The molecular formula is C23H19FN2O3S. The Hall–Kier alpha value is -3.03. The van der Waals surface area contributed by atoms with Crippen molar-refractivity contribution in [2.75, 3.05) is 12.9 Å². The molecule has 7 heteroatoms. The van der Waals surface area contributed by atoms with Crippen LogP contribution < -0.4 is 0 Å². The van der Waals surface area contributed by atoms with Gasteiger partial charge in [-0.15, -0.1) is 0 Å². The number of rotatable bonds is 3. The molecule has 0 saturated heterocycles. The molecule has 3 heterocycles. The van der Waals surface area contributed by atoms with Crippen LogP contribution in [0, 0.1) is 5.82 Å². The zero-order chi connectivity index (χ0) is 20.9. The van der Waals surface area contributed by atoms with Gasteiger partial charge >= 0.3 is 0 Å². The molecule has 152 valence electrons. The van der Waals surface area contributed by atoms with Crippen molar-refractivity contribution >= 4 is 15.5 Å². The molecule has 0 aliphatic carbocycles. The van der Waals surface area contributed by atoms with E-state index in [0.717, 1.165) is 23.2 Å². The van der Waals surface area contributed by atoms with Gasteiger partial charge in [0.25, 0.3) is 0 Å². The van der Waals surface area contributed by atoms with Crippen molar-refractivity contribution in [1.29, 1.82) is 0 Å². The van der Waals surface area contributed by atoms with Gasteiger partial charge in [0.15, 0.2) is 9.84 Å². The third-order valence-electron chi connectivity index (χ3n) is 5.47. The van der Waals surface area contributed by atoms with Crippen LogP contribution in [0.25, 0.3) is 16.8 Å². The molecule has 0 spiro atoms. The number of fused-ring (bicyclic) bond motifs is 3. The van der Waals surface area contributed by atoms with Crippen LogP contribution in [0.2, 0.25) is 0 Å². The molecule has 2 aromatic carbocycles. The molecule has 0 N–H and O–H groups in total. The molecule has 5 rings (SSSR count). The van der Waals surface area contributed by atoms with Crippen LogP contribution in [-0.4, -0.2) is 30.7 Å². The number of sulfone groups is 1. The normalized spacial score (nSPS) is 16.5. The van der Waals surface area contributed by atoms with E-state index in [1.165, 1.54) is 18.2 Å². The summed E-state index contributed by atoms with van der Waals surface area (Å²) in [5.41, 5.74) is 4.44. The highest BCUT2D eigenvalue weighted by Gasteiger charge is 2.28. The molecule has 0 unspecified atom stereocenters.